The Morgan fingerprint density at radius 3 is 2.81 bits per heavy atom. The molecule has 1 amide bonds. The van der Waals surface area contributed by atoms with Gasteiger partial charge < -0.3 is 15.1 Å². The highest BCUT2D eigenvalue weighted by molar-refractivity contribution is 5.95. The van der Waals surface area contributed by atoms with E-state index < -0.39 is 5.82 Å². The van der Waals surface area contributed by atoms with Crippen molar-refractivity contribution < 1.29 is 9.18 Å². The Labute approximate surface area is 180 Å². The van der Waals surface area contributed by atoms with Gasteiger partial charge in [-0.1, -0.05) is 6.07 Å². The summed E-state index contributed by atoms with van der Waals surface area (Å²) < 4.78 is 16.7. The summed E-state index contributed by atoms with van der Waals surface area (Å²) in [6.45, 7) is 2.67. The first-order chi connectivity index (χ1) is 15.0. The largest absolute Gasteiger partial charge is 0.368 e. The van der Waals surface area contributed by atoms with E-state index in [4.69, 9.17) is 0 Å². The van der Waals surface area contributed by atoms with Gasteiger partial charge in [-0.25, -0.2) is 13.9 Å². The molecule has 2 fully saturated rings. The Kier molecular flexibility index (Phi) is 5.09. The van der Waals surface area contributed by atoms with E-state index in [-0.39, 0.29) is 17.5 Å². The monoisotopic (exact) mass is 422 g/mol. The molecule has 8 heteroatoms. The Morgan fingerprint density at radius 1 is 1.26 bits per heavy atom. The molecular formula is C23H27FN6O. The number of hydrogen-bond donors (Lipinski definition) is 1. The zero-order valence-electron chi connectivity index (χ0n) is 17.9. The standard InChI is InChI=1S/C23H27FN6O/c1-28-10-9-17(14-28)29(2)23(31)18-6-5-16(11-19(18)24)20-13-26-22-8-7-21(27-30(20)22)25-12-15-3-4-15/h5-8,11,13,15,17H,3-4,9-10,12,14H2,1-2H3,(H,25,27). The summed E-state index contributed by atoms with van der Waals surface area (Å²) in [5, 5.41) is 7.98. The first-order valence-electron chi connectivity index (χ1n) is 10.8. The number of likely N-dealkylation sites (tertiary alicyclic amines) is 1. The van der Waals surface area contributed by atoms with Crippen LogP contribution in [0.25, 0.3) is 16.9 Å². The maximum Gasteiger partial charge on any atom is 0.256 e. The van der Waals surface area contributed by atoms with Gasteiger partial charge in [-0.3, -0.25) is 4.79 Å². The summed E-state index contributed by atoms with van der Waals surface area (Å²) in [6.07, 6.45) is 5.12. The van der Waals surface area contributed by atoms with Crippen molar-refractivity contribution in [1.82, 2.24) is 24.4 Å². The number of fused-ring (bicyclic) bond motifs is 1. The zero-order chi connectivity index (χ0) is 21.5. The molecule has 1 aromatic carbocycles. The maximum absolute atomic E-state index is 15.0. The second-order valence-corrected chi connectivity index (χ2v) is 8.77. The topological polar surface area (TPSA) is 65.8 Å². The van der Waals surface area contributed by atoms with Crippen molar-refractivity contribution in [3.8, 4) is 11.3 Å². The summed E-state index contributed by atoms with van der Waals surface area (Å²) in [5.74, 6) is 0.696. The van der Waals surface area contributed by atoms with Gasteiger partial charge in [0, 0.05) is 31.7 Å². The number of amides is 1. The molecule has 5 rings (SSSR count). The van der Waals surface area contributed by atoms with Crippen LogP contribution in [0.1, 0.15) is 29.6 Å². The lowest BCUT2D eigenvalue weighted by Gasteiger charge is -2.24. The Balaban J connectivity index is 1.39. The third-order valence-electron chi connectivity index (χ3n) is 6.36. The van der Waals surface area contributed by atoms with Gasteiger partial charge in [0.15, 0.2) is 5.65 Å². The van der Waals surface area contributed by atoms with Gasteiger partial charge in [0.25, 0.3) is 5.91 Å². The second kappa shape index (κ2) is 7.92. The molecule has 1 aliphatic carbocycles. The minimum Gasteiger partial charge on any atom is -0.368 e. The molecule has 1 saturated heterocycles. The Morgan fingerprint density at radius 2 is 2.10 bits per heavy atom. The number of carbonyl (C=O) groups excluding carboxylic acids is 1. The quantitative estimate of drug-likeness (QED) is 0.661. The van der Waals surface area contributed by atoms with Crippen molar-refractivity contribution in [3.05, 3.63) is 47.9 Å². The van der Waals surface area contributed by atoms with Crippen molar-refractivity contribution in [2.75, 3.05) is 39.0 Å². The number of aromatic nitrogens is 3. The van der Waals surface area contributed by atoms with Crippen LogP contribution in [-0.4, -0.2) is 70.1 Å². The molecule has 1 saturated carbocycles. The Bertz CT molecular complexity index is 1120. The van der Waals surface area contributed by atoms with Crippen molar-refractivity contribution in [1.29, 1.82) is 0 Å². The van der Waals surface area contributed by atoms with E-state index in [0.717, 1.165) is 37.8 Å². The van der Waals surface area contributed by atoms with Crippen molar-refractivity contribution in [2.45, 2.75) is 25.3 Å². The SMILES string of the molecule is CN1CCC(N(C)C(=O)c2ccc(-c3cnc4ccc(NCC5CC5)nn34)cc2F)C1. The average Bonchev–Trinajstić information content (AvgIpc) is 3.35. The molecule has 2 aromatic heterocycles. The fourth-order valence-electron chi connectivity index (χ4n) is 4.17. The molecular weight excluding hydrogens is 395 g/mol. The number of halogens is 1. The van der Waals surface area contributed by atoms with Gasteiger partial charge in [0.2, 0.25) is 0 Å². The first-order valence-corrected chi connectivity index (χ1v) is 10.8. The summed E-state index contributed by atoms with van der Waals surface area (Å²) in [7, 11) is 3.79. The van der Waals surface area contributed by atoms with Crippen LogP contribution in [0, 0.1) is 11.7 Å². The number of carbonyl (C=O) groups is 1. The second-order valence-electron chi connectivity index (χ2n) is 8.77. The molecule has 162 valence electrons. The predicted molar refractivity (Wildman–Crippen MR) is 118 cm³/mol. The Hall–Kier alpha value is -3.00. The normalized spacial score (nSPS) is 19.1. The van der Waals surface area contributed by atoms with Crippen LogP contribution >= 0.6 is 0 Å². The van der Waals surface area contributed by atoms with E-state index in [9.17, 15) is 9.18 Å². The van der Waals surface area contributed by atoms with Crippen molar-refractivity contribution in [3.63, 3.8) is 0 Å². The number of likely N-dealkylation sites (N-methyl/N-ethyl adjacent to an activating group) is 2. The van der Waals surface area contributed by atoms with E-state index in [2.05, 4.69) is 20.3 Å². The molecule has 1 aliphatic heterocycles. The molecule has 31 heavy (non-hydrogen) atoms. The highest BCUT2D eigenvalue weighted by Gasteiger charge is 2.28. The van der Waals surface area contributed by atoms with E-state index in [0.29, 0.717) is 16.9 Å². The van der Waals surface area contributed by atoms with Gasteiger partial charge in [-0.2, -0.15) is 0 Å². The summed E-state index contributed by atoms with van der Waals surface area (Å²) in [5.41, 5.74) is 2.11. The van der Waals surface area contributed by atoms with Crippen LogP contribution in [0.15, 0.2) is 36.5 Å². The fraction of sp³-hybridized carbons (Fsp3) is 0.435. The molecule has 0 bridgehead atoms. The van der Waals surface area contributed by atoms with Crippen LogP contribution in [-0.2, 0) is 0 Å². The minimum absolute atomic E-state index is 0.0920. The number of anilines is 1. The van der Waals surface area contributed by atoms with E-state index >= 15 is 0 Å². The molecule has 0 spiro atoms. The van der Waals surface area contributed by atoms with Crippen LogP contribution in [0.4, 0.5) is 10.2 Å². The van der Waals surface area contributed by atoms with Crippen LogP contribution in [0.5, 0.6) is 0 Å². The molecule has 0 radical (unpaired) electrons. The predicted octanol–water partition coefficient (Wildman–Crippen LogP) is 3.13. The molecule has 3 heterocycles. The highest BCUT2D eigenvalue weighted by Crippen LogP contribution is 2.29. The number of imidazole rings is 1. The number of hydrogen-bond acceptors (Lipinski definition) is 5. The number of nitrogens with zero attached hydrogens (tertiary/aromatic N) is 5. The molecule has 3 aromatic rings. The summed E-state index contributed by atoms with van der Waals surface area (Å²) >= 11 is 0. The maximum atomic E-state index is 15.0. The lowest BCUT2D eigenvalue weighted by Crippen LogP contribution is -2.38. The molecule has 2 aliphatic rings. The number of rotatable bonds is 6. The zero-order valence-corrected chi connectivity index (χ0v) is 17.9. The van der Waals surface area contributed by atoms with E-state index in [1.807, 2.05) is 19.2 Å². The van der Waals surface area contributed by atoms with Crippen molar-refractivity contribution >= 4 is 17.4 Å². The summed E-state index contributed by atoms with van der Waals surface area (Å²) in [6, 6.07) is 8.65. The smallest absolute Gasteiger partial charge is 0.256 e. The lowest BCUT2D eigenvalue weighted by atomic mass is 10.1. The minimum atomic E-state index is -0.529. The summed E-state index contributed by atoms with van der Waals surface area (Å²) in [4.78, 5) is 21.1. The van der Waals surface area contributed by atoms with Crippen LogP contribution in [0.3, 0.4) is 0 Å². The fourth-order valence-corrected chi connectivity index (χ4v) is 4.17. The van der Waals surface area contributed by atoms with Crippen LogP contribution < -0.4 is 5.32 Å². The van der Waals surface area contributed by atoms with Crippen molar-refractivity contribution in [2.24, 2.45) is 5.92 Å². The van der Waals surface area contributed by atoms with Gasteiger partial charge >= 0.3 is 0 Å². The third-order valence-corrected chi connectivity index (χ3v) is 6.36. The lowest BCUT2D eigenvalue weighted by molar-refractivity contribution is 0.0733. The van der Waals surface area contributed by atoms with E-state index in [1.54, 1.807) is 34.8 Å². The van der Waals surface area contributed by atoms with Gasteiger partial charge in [-0.05, 0) is 63.0 Å². The number of benzene rings is 1. The third kappa shape index (κ3) is 3.99. The van der Waals surface area contributed by atoms with Gasteiger partial charge in [0.1, 0.15) is 11.6 Å². The van der Waals surface area contributed by atoms with E-state index in [1.165, 1.54) is 18.9 Å². The molecule has 1 atom stereocenters. The highest BCUT2D eigenvalue weighted by atomic mass is 19.1. The molecule has 1 N–H and O–H groups in total. The number of nitrogens with one attached hydrogen (secondary N) is 1. The van der Waals surface area contributed by atoms with Crippen LogP contribution in [0.2, 0.25) is 0 Å². The molecule has 1 unspecified atom stereocenters. The molecule has 7 nitrogen and oxygen atoms in total. The average molecular weight is 423 g/mol. The van der Waals surface area contributed by atoms with Gasteiger partial charge in [-0.15, -0.1) is 5.10 Å². The van der Waals surface area contributed by atoms with Gasteiger partial charge in [0.05, 0.1) is 17.5 Å². The first kappa shape index (κ1) is 19.9.